The third kappa shape index (κ3) is 4.53. The minimum atomic E-state index is -2.91. The molecule has 3 N–H and O–H groups in total. The topological polar surface area (TPSA) is 104 Å². The molecule has 0 bridgehead atoms. The number of hydrogen-bond donors (Lipinski definition) is 4. The van der Waals surface area contributed by atoms with Crippen molar-refractivity contribution in [2.24, 2.45) is 5.41 Å². The zero-order chi connectivity index (χ0) is 10.3. The smallest absolute Gasteiger partial charge is 0.257 e. The Labute approximate surface area is 77.9 Å². The fourth-order valence-electron chi connectivity index (χ4n) is 0.724. The molecular weight excluding hydrogens is 200 g/mol. The lowest BCUT2D eigenvalue weighted by Gasteiger charge is -2.26. The maximum Gasteiger partial charge on any atom is 0.257 e. The van der Waals surface area contributed by atoms with Crippen molar-refractivity contribution >= 4 is 11.0 Å². The minimum Gasteiger partial charge on any atom is -0.396 e. The Hall–Kier alpha value is -0.210. The highest BCUT2D eigenvalue weighted by Gasteiger charge is 2.27. The molecule has 0 saturated carbocycles. The van der Waals surface area contributed by atoms with Crippen LogP contribution in [0.3, 0.4) is 0 Å². The van der Waals surface area contributed by atoms with E-state index in [1.165, 1.54) is 0 Å². The standard InChI is InChI=1S/C6H14O6S/c7-3-6(4-8,5-9)1-2-12-13(10)11/h7-9,13H,1-5H2. The van der Waals surface area contributed by atoms with Crippen molar-refractivity contribution in [1.82, 2.24) is 0 Å². The van der Waals surface area contributed by atoms with Gasteiger partial charge >= 0.3 is 0 Å². The Morgan fingerprint density at radius 1 is 1.08 bits per heavy atom. The molecule has 0 amide bonds. The molecule has 80 valence electrons. The minimum absolute atomic E-state index is 0.0831. The van der Waals surface area contributed by atoms with Gasteiger partial charge in [0.2, 0.25) is 0 Å². The first kappa shape index (κ1) is 12.8. The predicted octanol–water partition coefficient (Wildman–Crippen LogP) is -2.12. The van der Waals surface area contributed by atoms with Gasteiger partial charge in [-0.2, -0.15) is 0 Å². The second kappa shape index (κ2) is 6.28. The molecule has 0 aromatic rings. The van der Waals surface area contributed by atoms with Gasteiger partial charge in [-0.05, 0) is 6.42 Å². The van der Waals surface area contributed by atoms with Crippen LogP contribution in [0.1, 0.15) is 6.42 Å². The third-order valence-electron chi connectivity index (χ3n) is 1.84. The highest BCUT2D eigenvalue weighted by Crippen LogP contribution is 2.19. The second-order valence-electron chi connectivity index (χ2n) is 2.78. The van der Waals surface area contributed by atoms with E-state index < -0.39 is 36.2 Å². The van der Waals surface area contributed by atoms with Crippen LogP contribution >= 0.6 is 0 Å². The number of aliphatic hydroxyl groups is 3. The van der Waals surface area contributed by atoms with Gasteiger partial charge in [-0.3, -0.25) is 4.18 Å². The first-order valence-electron chi connectivity index (χ1n) is 3.70. The molecule has 0 fully saturated rings. The SMILES string of the molecule is O=[SH](=O)OCCC(CO)(CO)CO. The number of thiol groups is 1. The molecule has 6 nitrogen and oxygen atoms in total. The fraction of sp³-hybridized carbons (Fsp3) is 1.00. The molecule has 0 aromatic carbocycles. The van der Waals surface area contributed by atoms with E-state index in [2.05, 4.69) is 4.18 Å². The van der Waals surface area contributed by atoms with E-state index in [4.69, 9.17) is 15.3 Å². The van der Waals surface area contributed by atoms with Gasteiger partial charge in [0.15, 0.2) is 0 Å². The maximum absolute atomic E-state index is 9.98. The van der Waals surface area contributed by atoms with Crippen molar-refractivity contribution in [2.45, 2.75) is 6.42 Å². The summed E-state index contributed by atoms with van der Waals surface area (Å²) in [5, 5.41) is 26.4. The maximum atomic E-state index is 9.98. The summed E-state index contributed by atoms with van der Waals surface area (Å²) in [6.45, 7) is -1.41. The monoisotopic (exact) mass is 214 g/mol. The lowest BCUT2D eigenvalue weighted by molar-refractivity contribution is -0.00812. The van der Waals surface area contributed by atoms with Crippen LogP contribution in [0.5, 0.6) is 0 Å². The van der Waals surface area contributed by atoms with Crippen LogP contribution in [0.15, 0.2) is 0 Å². The van der Waals surface area contributed by atoms with Gasteiger partial charge in [0.1, 0.15) is 0 Å². The van der Waals surface area contributed by atoms with Gasteiger partial charge in [0, 0.05) is 5.41 Å². The van der Waals surface area contributed by atoms with Crippen molar-refractivity contribution in [3.63, 3.8) is 0 Å². The molecule has 0 radical (unpaired) electrons. The van der Waals surface area contributed by atoms with Crippen molar-refractivity contribution in [3.8, 4) is 0 Å². The summed E-state index contributed by atoms with van der Waals surface area (Å²) in [6.07, 6.45) is 0.0831. The lowest BCUT2D eigenvalue weighted by Crippen LogP contribution is -2.35. The van der Waals surface area contributed by atoms with E-state index in [1.54, 1.807) is 0 Å². The predicted molar refractivity (Wildman–Crippen MR) is 44.6 cm³/mol. The van der Waals surface area contributed by atoms with Crippen LogP contribution in [0.25, 0.3) is 0 Å². The van der Waals surface area contributed by atoms with Crippen LogP contribution in [0, 0.1) is 5.41 Å². The Kier molecular flexibility index (Phi) is 6.17. The van der Waals surface area contributed by atoms with Gasteiger partial charge in [-0.1, -0.05) is 0 Å². The number of hydrogen-bond acceptors (Lipinski definition) is 6. The van der Waals surface area contributed by atoms with Gasteiger partial charge in [-0.25, -0.2) is 8.42 Å². The molecule has 0 aliphatic rings. The summed E-state index contributed by atoms with van der Waals surface area (Å²) in [4.78, 5) is 0. The van der Waals surface area contributed by atoms with Crippen molar-refractivity contribution < 1.29 is 27.9 Å². The molecule has 0 rings (SSSR count). The molecule has 7 heteroatoms. The zero-order valence-corrected chi connectivity index (χ0v) is 7.94. The van der Waals surface area contributed by atoms with Crippen molar-refractivity contribution in [3.05, 3.63) is 0 Å². The second-order valence-corrected chi connectivity index (χ2v) is 3.49. The largest absolute Gasteiger partial charge is 0.396 e. The highest BCUT2D eigenvalue weighted by atomic mass is 32.2. The van der Waals surface area contributed by atoms with E-state index in [1.807, 2.05) is 0 Å². The molecule has 0 saturated heterocycles. The molecule has 0 heterocycles. The Morgan fingerprint density at radius 3 is 1.85 bits per heavy atom. The van der Waals surface area contributed by atoms with Gasteiger partial charge in [-0.15, -0.1) is 0 Å². The lowest BCUT2D eigenvalue weighted by atomic mass is 9.88. The van der Waals surface area contributed by atoms with E-state index >= 15 is 0 Å². The molecule has 0 atom stereocenters. The van der Waals surface area contributed by atoms with E-state index in [0.29, 0.717) is 0 Å². The van der Waals surface area contributed by atoms with Crippen LogP contribution in [0.4, 0.5) is 0 Å². The summed E-state index contributed by atoms with van der Waals surface area (Å²) < 4.78 is 24.2. The van der Waals surface area contributed by atoms with Crippen LogP contribution in [-0.2, 0) is 15.2 Å². The highest BCUT2D eigenvalue weighted by molar-refractivity contribution is 7.67. The Morgan fingerprint density at radius 2 is 1.54 bits per heavy atom. The van der Waals surface area contributed by atoms with Crippen molar-refractivity contribution in [1.29, 1.82) is 0 Å². The molecule has 0 unspecified atom stereocenters. The molecule has 0 aliphatic carbocycles. The molecule has 0 aliphatic heterocycles. The normalized spacial score (nSPS) is 12.3. The molecule has 0 aromatic heterocycles. The van der Waals surface area contributed by atoms with Crippen LogP contribution in [0.2, 0.25) is 0 Å². The van der Waals surface area contributed by atoms with Crippen LogP contribution in [-0.4, -0.2) is 50.2 Å². The number of aliphatic hydroxyl groups excluding tert-OH is 3. The number of rotatable bonds is 7. The van der Waals surface area contributed by atoms with Gasteiger partial charge in [0.05, 0.1) is 26.4 Å². The molecule has 13 heavy (non-hydrogen) atoms. The van der Waals surface area contributed by atoms with Gasteiger partial charge < -0.3 is 15.3 Å². The van der Waals surface area contributed by atoms with E-state index in [9.17, 15) is 8.42 Å². The molecular formula is C6H14O6S. The summed E-state index contributed by atoms with van der Waals surface area (Å²) >= 11 is 0. The van der Waals surface area contributed by atoms with Crippen molar-refractivity contribution in [2.75, 3.05) is 26.4 Å². The summed E-state index contributed by atoms with van der Waals surface area (Å²) in [5.74, 6) is 0. The molecule has 0 spiro atoms. The van der Waals surface area contributed by atoms with Gasteiger partial charge in [0.25, 0.3) is 11.0 Å². The summed E-state index contributed by atoms with van der Waals surface area (Å²) in [7, 11) is -2.91. The first-order chi connectivity index (χ1) is 6.10. The third-order valence-corrected chi connectivity index (χ3v) is 2.23. The average molecular weight is 214 g/mol. The van der Waals surface area contributed by atoms with E-state index in [-0.39, 0.29) is 13.0 Å². The zero-order valence-electron chi connectivity index (χ0n) is 7.05. The fourth-order valence-corrected chi connectivity index (χ4v) is 0.964. The summed E-state index contributed by atoms with van der Waals surface area (Å²) in [6, 6.07) is 0. The Balaban J connectivity index is 3.95. The Bertz CT molecular complexity index is 181. The summed E-state index contributed by atoms with van der Waals surface area (Å²) in [5.41, 5.74) is -1.06. The average Bonchev–Trinajstić information content (AvgIpc) is 2.13. The van der Waals surface area contributed by atoms with Crippen LogP contribution < -0.4 is 0 Å². The quantitative estimate of drug-likeness (QED) is 0.361. The first-order valence-corrected chi connectivity index (χ1v) is 4.79. The van der Waals surface area contributed by atoms with E-state index in [0.717, 1.165) is 0 Å².